The highest BCUT2D eigenvalue weighted by molar-refractivity contribution is 6.03. The van der Waals surface area contributed by atoms with Gasteiger partial charge < -0.3 is 5.73 Å². The molecule has 0 heterocycles. The van der Waals surface area contributed by atoms with E-state index in [2.05, 4.69) is 0 Å². The summed E-state index contributed by atoms with van der Waals surface area (Å²) in [5.74, 6) is -0.0283. The van der Waals surface area contributed by atoms with Crippen LogP contribution < -0.4 is 5.73 Å². The molecule has 0 spiro atoms. The van der Waals surface area contributed by atoms with Crippen LogP contribution in [0.1, 0.15) is 10.4 Å². The van der Waals surface area contributed by atoms with Gasteiger partial charge in [0.25, 0.3) is 0 Å². The van der Waals surface area contributed by atoms with Crippen LogP contribution >= 0.6 is 0 Å². The van der Waals surface area contributed by atoms with Crippen LogP contribution in [0.3, 0.4) is 0 Å². The highest BCUT2D eigenvalue weighted by Crippen LogP contribution is 2.23. The van der Waals surface area contributed by atoms with Gasteiger partial charge in [-0.05, 0) is 11.1 Å². The highest BCUT2D eigenvalue weighted by atomic mass is 16.1. The summed E-state index contributed by atoms with van der Waals surface area (Å²) in [6.45, 7) is 0.0455. The fourth-order valence-corrected chi connectivity index (χ4v) is 1.71. The molecule has 0 aliphatic rings. The van der Waals surface area contributed by atoms with Crippen LogP contribution in [-0.4, -0.2) is 12.3 Å². The summed E-state index contributed by atoms with van der Waals surface area (Å²) < 4.78 is 0. The van der Waals surface area contributed by atoms with Crippen LogP contribution in [0.5, 0.6) is 0 Å². The summed E-state index contributed by atoms with van der Waals surface area (Å²) >= 11 is 0. The average molecular weight is 211 g/mol. The van der Waals surface area contributed by atoms with Crippen molar-refractivity contribution in [2.45, 2.75) is 0 Å². The molecule has 2 aromatic carbocycles. The maximum atomic E-state index is 11.7. The van der Waals surface area contributed by atoms with Gasteiger partial charge in [0.15, 0.2) is 5.78 Å². The first-order valence-corrected chi connectivity index (χ1v) is 5.20. The van der Waals surface area contributed by atoms with E-state index in [4.69, 9.17) is 5.73 Å². The lowest BCUT2D eigenvalue weighted by atomic mass is 9.97. The lowest BCUT2D eigenvalue weighted by Gasteiger charge is -2.07. The molecule has 0 aliphatic heterocycles. The minimum atomic E-state index is -0.0283. The number of rotatable bonds is 3. The molecule has 0 aromatic heterocycles. The molecule has 80 valence electrons. The first-order valence-electron chi connectivity index (χ1n) is 5.20. The quantitative estimate of drug-likeness (QED) is 0.792. The van der Waals surface area contributed by atoms with E-state index in [9.17, 15) is 4.79 Å². The van der Waals surface area contributed by atoms with E-state index in [1.165, 1.54) is 0 Å². The third-order valence-corrected chi connectivity index (χ3v) is 2.50. The average Bonchev–Trinajstić information content (AvgIpc) is 2.39. The van der Waals surface area contributed by atoms with Gasteiger partial charge in [-0.1, -0.05) is 54.6 Å². The van der Waals surface area contributed by atoms with Gasteiger partial charge in [0.1, 0.15) is 0 Å². The van der Waals surface area contributed by atoms with Crippen molar-refractivity contribution in [3.63, 3.8) is 0 Å². The summed E-state index contributed by atoms with van der Waals surface area (Å²) in [5, 5.41) is 0. The van der Waals surface area contributed by atoms with Gasteiger partial charge in [0, 0.05) is 5.56 Å². The minimum absolute atomic E-state index is 0.0283. The molecule has 0 aliphatic carbocycles. The number of ketones is 1. The Morgan fingerprint density at radius 1 is 0.938 bits per heavy atom. The number of carbonyl (C=O) groups is 1. The van der Waals surface area contributed by atoms with E-state index in [0.717, 1.165) is 11.1 Å². The molecule has 0 saturated heterocycles. The summed E-state index contributed by atoms with van der Waals surface area (Å²) in [5.41, 5.74) is 8.08. The molecule has 2 rings (SSSR count). The smallest absolute Gasteiger partial charge is 0.176 e. The molecule has 2 N–H and O–H groups in total. The largest absolute Gasteiger partial charge is 0.324 e. The zero-order valence-electron chi connectivity index (χ0n) is 8.89. The Balaban J connectivity index is 2.53. The molecule has 0 unspecified atom stereocenters. The first-order chi connectivity index (χ1) is 7.83. The van der Waals surface area contributed by atoms with Crippen molar-refractivity contribution in [3.8, 4) is 11.1 Å². The van der Waals surface area contributed by atoms with Gasteiger partial charge in [-0.3, -0.25) is 4.79 Å². The van der Waals surface area contributed by atoms with E-state index in [1.807, 2.05) is 54.6 Å². The molecule has 2 aromatic rings. The normalized spacial score (nSPS) is 10.1. The summed E-state index contributed by atoms with van der Waals surface area (Å²) in [6.07, 6.45) is 0. The van der Waals surface area contributed by atoms with Gasteiger partial charge in [0.05, 0.1) is 6.54 Å². The lowest BCUT2D eigenvalue weighted by Crippen LogP contribution is -2.14. The minimum Gasteiger partial charge on any atom is -0.324 e. The second-order valence-electron chi connectivity index (χ2n) is 3.54. The number of hydrogen-bond donors (Lipinski definition) is 1. The van der Waals surface area contributed by atoms with Crippen molar-refractivity contribution in [1.29, 1.82) is 0 Å². The molecule has 2 nitrogen and oxygen atoms in total. The molecular formula is C14H13NO. The van der Waals surface area contributed by atoms with Crippen molar-refractivity contribution >= 4 is 5.78 Å². The van der Waals surface area contributed by atoms with Crippen molar-refractivity contribution in [2.75, 3.05) is 6.54 Å². The number of benzene rings is 2. The van der Waals surface area contributed by atoms with Crippen LogP contribution in [0, 0.1) is 0 Å². The topological polar surface area (TPSA) is 43.1 Å². The van der Waals surface area contributed by atoms with Gasteiger partial charge in [-0.25, -0.2) is 0 Å². The molecule has 0 fully saturated rings. The predicted molar refractivity (Wildman–Crippen MR) is 65.3 cm³/mol. The highest BCUT2D eigenvalue weighted by Gasteiger charge is 2.09. The molecule has 2 heteroatoms. The van der Waals surface area contributed by atoms with E-state index >= 15 is 0 Å². The number of nitrogens with two attached hydrogens (primary N) is 1. The van der Waals surface area contributed by atoms with Crippen molar-refractivity contribution in [1.82, 2.24) is 0 Å². The molecular weight excluding hydrogens is 198 g/mol. The third kappa shape index (κ3) is 2.02. The number of hydrogen-bond acceptors (Lipinski definition) is 2. The van der Waals surface area contributed by atoms with Crippen LogP contribution in [0.2, 0.25) is 0 Å². The SMILES string of the molecule is NCC(=O)c1ccccc1-c1ccccc1. The van der Waals surface area contributed by atoms with Gasteiger partial charge in [0.2, 0.25) is 0 Å². The van der Waals surface area contributed by atoms with Gasteiger partial charge in [-0.15, -0.1) is 0 Å². The van der Waals surface area contributed by atoms with Gasteiger partial charge in [-0.2, -0.15) is 0 Å². The second kappa shape index (κ2) is 4.73. The number of carbonyl (C=O) groups excluding carboxylic acids is 1. The predicted octanol–water partition coefficient (Wildman–Crippen LogP) is 2.50. The van der Waals surface area contributed by atoms with Crippen LogP contribution in [-0.2, 0) is 0 Å². The Morgan fingerprint density at radius 2 is 1.56 bits per heavy atom. The van der Waals surface area contributed by atoms with Gasteiger partial charge >= 0.3 is 0 Å². The fraction of sp³-hybridized carbons (Fsp3) is 0.0714. The van der Waals surface area contributed by atoms with E-state index in [-0.39, 0.29) is 12.3 Å². The zero-order chi connectivity index (χ0) is 11.4. The van der Waals surface area contributed by atoms with E-state index in [1.54, 1.807) is 0 Å². The Hall–Kier alpha value is -1.93. The van der Waals surface area contributed by atoms with Crippen molar-refractivity contribution in [2.24, 2.45) is 5.73 Å². The number of Topliss-reactive ketones (excluding diaryl/α,β-unsaturated/α-hetero) is 1. The molecule has 16 heavy (non-hydrogen) atoms. The Bertz CT molecular complexity index is 491. The molecule has 0 amide bonds. The molecule has 0 radical (unpaired) electrons. The lowest BCUT2D eigenvalue weighted by molar-refractivity contribution is 0.100. The zero-order valence-corrected chi connectivity index (χ0v) is 8.89. The Labute approximate surface area is 94.7 Å². The Morgan fingerprint density at radius 3 is 2.25 bits per heavy atom. The van der Waals surface area contributed by atoms with Crippen LogP contribution in [0.15, 0.2) is 54.6 Å². The second-order valence-corrected chi connectivity index (χ2v) is 3.54. The van der Waals surface area contributed by atoms with Crippen LogP contribution in [0.4, 0.5) is 0 Å². The Kier molecular flexibility index (Phi) is 3.13. The maximum Gasteiger partial charge on any atom is 0.176 e. The van der Waals surface area contributed by atoms with Crippen LogP contribution in [0.25, 0.3) is 11.1 Å². The summed E-state index contributed by atoms with van der Waals surface area (Å²) in [7, 11) is 0. The molecule has 0 bridgehead atoms. The summed E-state index contributed by atoms with van der Waals surface area (Å²) in [6, 6.07) is 17.4. The van der Waals surface area contributed by atoms with Crippen molar-refractivity contribution < 1.29 is 4.79 Å². The third-order valence-electron chi connectivity index (χ3n) is 2.50. The summed E-state index contributed by atoms with van der Waals surface area (Å²) in [4.78, 5) is 11.7. The molecule has 0 atom stereocenters. The molecule has 0 saturated carbocycles. The van der Waals surface area contributed by atoms with E-state index in [0.29, 0.717) is 5.56 Å². The standard InChI is InChI=1S/C14H13NO/c15-10-14(16)13-9-5-4-8-12(13)11-6-2-1-3-7-11/h1-9H,10,15H2. The van der Waals surface area contributed by atoms with E-state index < -0.39 is 0 Å². The van der Waals surface area contributed by atoms with Crippen molar-refractivity contribution in [3.05, 3.63) is 60.2 Å². The monoisotopic (exact) mass is 211 g/mol. The maximum absolute atomic E-state index is 11.7. The fourth-order valence-electron chi connectivity index (χ4n) is 1.71. The first kappa shape index (κ1) is 10.6.